The topological polar surface area (TPSA) is 35.5 Å². The molecule has 0 rings (SSSR count). The van der Waals surface area contributed by atoms with E-state index in [-0.39, 0.29) is 18.0 Å². The molecule has 0 saturated carbocycles. The van der Waals surface area contributed by atoms with Crippen LogP contribution < -0.4 is 0 Å². The quantitative estimate of drug-likeness (QED) is 0.498. The lowest BCUT2D eigenvalue weighted by molar-refractivity contribution is -0.149. The van der Waals surface area contributed by atoms with Crippen molar-refractivity contribution in [3.8, 4) is 0 Å². The first-order valence-electron chi connectivity index (χ1n) is 7.13. The number of carbonyl (C=O) groups excluding carboxylic acids is 1. The van der Waals surface area contributed by atoms with Crippen molar-refractivity contribution in [3.63, 3.8) is 0 Å². The number of hydrogen-bond donors (Lipinski definition) is 0. The minimum atomic E-state index is -1.67. The second kappa shape index (κ2) is 7.95. The first-order chi connectivity index (χ1) is 8.37. The van der Waals surface area contributed by atoms with Crippen LogP contribution in [0.15, 0.2) is 0 Å². The van der Waals surface area contributed by atoms with Crippen LogP contribution >= 0.6 is 0 Å². The van der Waals surface area contributed by atoms with Gasteiger partial charge in [-0.15, -0.1) is 0 Å². The van der Waals surface area contributed by atoms with Gasteiger partial charge in [0, 0.05) is 0 Å². The minimum absolute atomic E-state index is 0.0241. The summed E-state index contributed by atoms with van der Waals surface area (Å²) in [5, 5.41) is 0. The molecule has 0 spiro atoms. The Bertz CT molecular complexity index is 241. The molecular formula is C14H30O3Si. The predicted molar refractivity (Wildman–Crippen MR) is 78.1 cm³/mol. The van der Waals surface area contributed by atoms with E-state index in [0.29, 0.717) is 5.92 Å². The number of methoxy groups -OCH3 is 1. The highest BCUT2D eigenvalue weighted by molar-refractivity contribution is 6.73. The largest absolute Gasteiger partial charge is 0.469 e. The van der Waals surface area contributed by atoms with Crippen LogP contribution in [0, 0.1) is 11.8 Å². The van der Waals surface area contributed by atoms with E-state index in [9.17, 15) is 4.79 Å². The Labute approximate surface area is 113 Å². The Balaban J connectivity index is 4.97. The Hall–Kier alpha value is -0.353. The standard InChI is InChI=1S/C14H30O3Si/c1-8-18(9-2,10-3)17-13(11(4)5)12(6)14(15)16-7/h11-13H,8-10H2,1-7H3/t12-,13-/m1/s1. The molecule has 0 aromatic heterocycles. The maximum atomic E-state index is 11.7. The summed E-state index contributed by atoms with van der Waals surface area (Å²) in [6, 6.07) is 3.32. The van der Waals surface area contributed by atoms with Gasteiger partial charge in [0.15, 0.2) is 8.32 Å². The van der Waals surface area contributed by atoms with Crippen molar-refractivity contribution in [2.24, 2.45) is 11.8 Å². The monoisotopic (exact) mass is 274 g/mol. The summed E-state index contributed by atoms with van der Waals surface area (Å²) in [5.74, 6) is -0.0259. The third-order valence-electron chi connectivity index (χ3n) is 4.04. The molecule has 0 saturated heterocycles. The minimum Gasteiger partial charge on any atom is -0.469 e. The summed E-state index contributed by atoms with van der Waals surface area (Å²) >= 11 is 0. The fourth-order valence-corrected chi connectivity index (χ4v) is 5.48. The van der Waals surface area contributed by atoms with Crippen molar-refractivity contribution in [1.82, 2.24) is 0 Å². The molecule has 0 heterocycles. The van der Waals surface area contributed by atoms with E-state index in [1.807, 2.05) is 6.92 Å². The van der Waals surface area contributed by atoms with Crippen LogP contribution in [0.3, 0.4) is 0 Å². The Morgan fingerprint density at radius 1 is 1.06 bits per heavy atom. The Morgan fingerprint density at radius 3 is 1.78 bits per heavy atom. The van der Waals surface area contributed by atoms with E-state index >= 15 is 0 Å². The van der Waals surface area contributed by atoms with E-state index in [1.54, 1.807) is 0 Å². The van der Waals surface area contributed by atoms with Crippen LogP contribution in [-0.2, 0) is 14.0 Å². The molecule has 108 valence electrons. The molecule has 4 heteroatoms. The zero-order valence-electron chi connectivity index (χ0n) is 13.1. The van der Waals surface area contributed by atoms with Gasteiger partial charge in [-0.05, 0) is 31.0 Å². The van der Waals surface area contributed by atoms with E-state index < -0.39 is 8.32 Å². The lowest BCUT2D eigenvalue weighted by Gasteiger charge is -2.37. The summed E-state index contributed by atoms with van der Waals surface area (Å²) in [5.41, 5.74) is 0. The smallest absolute Gasteiger partial charge is 0.310 e. The maximum Gasteiger partial charge on any atom is 0.310 e. The lowest BCUT2D eigenvalue weighted by atomic mass is 9.95. The molecular weight excluding hydrogens is 244 g/mol. The van der Waals surface area contributed by atoms with Gasteiger partial charge in [0.25, 0.3) is 0 Å². The van der Waals surface area contributed by atoms with Crippen LogP contribution in [0.2, 0.25) is 18.1 Å². The van der Waals surface area contributed by atoms with Gasteiger partial charge in [-0.3, -0.25) is 4.79 Å². The molecule has 2 atom stereocenters. The van der Waals surface area contributed by atoms with Crippen LogP contribution in [0.5, 0.6) is 0 Å². The van der Waals surface area contributed by atoms with Crippen LogP contribution in [-0.4, -0.2) is 27.5 Å². The molecule has 18 heavy (non-hydrogen) atoms. The fraction of sp³-hybridized carbons (Fsp3) is 0.929. The van der Waals surface area contributed by atoms with Crippen molar-refractivity contribution in [3.05, 3.63) is 0 Å². The highest BCUT2D eigenvalue weighted by Gasteiger charge is 2.37. The maximum absolute atomic E-state index is 11.7. The van der Waals surface area contributed by atoms with Gasteiger partial charge in [0.1, 0.15) is 0 Å². The molecule has 0 aliphatic carbocycles. The second-order valence-electron chi connectivity index (χ2n) is 5.38. The average Bonchev–Trinajstić information content (AvgIpc) is 2.39. The molecule has 0 N–H and O–H groups in total. The van der Waals surface area contributed by atoms with Gasteiger partial charge in [-0.1, -0.05) is 34.6 Å². The van der Waals surface area contributed by atoms with Crippen molar-refractivity contribution >= 4 is 14.3 Å². The summed E-state index contributed by atoms with van der Waals surface area (Å²) < 4.78 is 11.3. The SMILES string of the molecule is CC[Si](CC)(CC)O[C@H](C(C)C)[C@@H](C)C(=O)OC. The average molecular weight is 274 g/mol. The third kappa shape index (κ3) is 4.39. The Kier molecular flexibility index (Phi) is 7.79. The highest BCUT2D eigenvalue weighted by atomic mass is 28.4. The lowest BCUT2D eigenvalue weighted by Crippen LogP contribution is -2.45. The Morgan fingerprint density at radius 2 is 1.50 bits per heavy atom. The highest BCUT2D eigenvalue weighted by Crippen LogP contribution is 2.29. The van der Waals surface area contributed by atoms with Crippen molar-refractivity contribution in [2.75, 3.05) is 7.11 Å². The number of rotatable bonds is 8. The normalized spacial score (nSPS) is 15.6. The van der Waals surface area contributed by atoms with E-state index in [0.717, 1.165) is 18.1 Å². The molecule has 3 nitrogen and oxygen atoms in total. The summed E-state index contributed by atoms with van der Waals surface area (Å²) in [7, 11) is -0.228. The van der Waals surface area contributed by atoms with Gasteiger partial charge in [0.05, 0.1) is 19.1 Å². The first-order valence-corrected chi connectivity index (χ1v) is 9.66. The zero-order chi connectivity index (χ0) is 14.3. The number of carbonyl (C=O) groups is 1. The fourth-order valence-electron chi connectivity index (χ4n) is 2.42. The molecule has 0 unspecified atom stereocenters. The van der Waals surface area contributed by atoms with Crippen LogP contribution in [0.1, 0.15) is 41.5 Å². The molecule has 0 amide bonds. The van der Waals surface area contributed by atoms with E-state index in [2.05, 4.69) is 34.6 Å². The molecule has 0 aliphatic heterocycles. The van der Waals surface area contributed by atoms with Crippen LogP contribution in [0.4, 0.5) is 0 Å². The summed E-state index contributed by atoms with van der Waals surface area (Å²) in [6.07, 6.45) is -0.0241. The molecule has 0 aromatic rings. The van der Waals surface area contributed by atoms with Gasteiger partial charge in [-0.2, -0.15) is 0 Å². The summed E-state index contributed by atoms with van der Waals surface area (Å²) in [4.78, 5) is 11.7. The van der Waals surface area contributed by atoms with E-state index in [4.69, 9.17) is 9.16 Å². The van der Waals surface area contributed by atoms with E-state index in [1.165, 1.54) is 7.11 Å². The molecule has 0 aliphatic rings. The van der Waals surface area contributed by atoms with Crippen molar-refractivity contribution in [1.29, 1.82) is 0 Å². The van der Waals surface area contributed by atoms with Crippen LogP contribution in [0.25, 0.3) is 0 Å². The van der Waals surface area contributed by atoms with Gasteiger partial charge >= 0.3 is 5.97 Å². The number of ether oxygens (including phenoxy) is 1. The molecule has 0 bridgehead atoms. The molecule has 0 aromatic carbocycles. The van der Waals surface area contributed by atoms with Gasteiger partial charge in [0.2, 0.25) is 0 Å². The first kappa shape index (κ1) is 17.6. The molecule has 0 fully saturated rings. The predicted octanol–water partition coefficient (Wildman–Crippen LogP) is 3.84. The third-order valence-corrected chi connectivity index (χ3v) is 8.68. The molecule has 0 radical (unpaired) electrons. The zero-order valence-corrected chi connectivity index (χ0v) is 14.1. The van der Waals surface area contributed by atoms with Crippen molar-refractivity contribution in [2.45, 2.75) is 65.8 Å². The second-order valence-corrected chi connectivity index (χ2v) is 10.1. The van der Waals surface area contributed by atoms with Crippen molar-refractivity contribution < 1.29 is 14.0 Å². The van der Waals surface area contributed by atoms with Gasteiger partial charge < -0.3 is 9.16 Å². The van der Waals surface area contributed by atoms with Gasteiger partial charge in [-0.25, -0.2) is 0 Å². The number of esters is 1. The number of hydrogen-bond acceptors (Lipinski definition) is 3. The summed E-state index contributed by atoms with van der Waals surface area (Å²) in [6.45, 7) is 12.8.